The number of hydrogen-bond donors (Lipinski definition) is 0. The summed E-state index contributed by atoms with van der Waals surface area (Å²) in [6.45, 7) is 0. The van der Waals surface area contributed by atoms with E-state index in [1.165, 1.54) is 93.9 Å². The van der Waals surface area contributed by atoms with Crippen molar-refractivity contribution in [3.8, 4) is 77.9 Å². The Labute approximate surface area is 330 Å². The van der Waals surface area contributed by atoms with Gasteiger partial charge in [0.25, 0.3) is 0 Å². The molecule has 0 unspecified atom stereocenters. The second-order valence-corrected chi connectivity index (χ2v) is 15.1. The van der Waals surface area contributed by atoms with Crippen molar-refractivity contribution in [1.82, 2.24) is 0 Å². The molecule has 0 bridgehead atoms. The number of benzene rings is 10. The Balaban J connectivity index is 1.04. The molecular weight excluding hydrogens is 689 g/mol. The lowest BCUT2D eigenvalue weighted by atomic mass is 9.82. The minimum Gasteiger partial charge on any atom is -0.456 e. The van der Waals surface area contributed by atoms with Crippen LogP contribution in [-0.2, 0) is 0 Å². The van der Waals surface area contributed by atoms with Gasteiger partial charge in [-0.05, 0) is 130 Å². The van der Waals surface area contributed by atoms with Gasteiger partial charge < -0.3 is 4.42 Å². The average Bonchev–Trinajstić information content (AvgIpc) is 3.82. The topological polar surface area (TPSA) is 13.1 Å². The third-order valence-corrected chi connectivity index (χ3v) is 12.0. The Kier molecular flexibility index (Phi) is 7.00. The lowest BCUT2D eigenvalue weighted by Crippen LogP contribution is -1.93. The fraction of sp³-hybridized carbons (Fsp3) is 0. The van der Waals surface area contributed by atoms with Crippen molar-refractivity contribution in [2.24, 2.45) is 0 Å². The minimum absolute atomic E-state index is 0.896. The lowest BCUT2D eigenvalue weighted by molar-refractivity contribution is 0.669. The molecule has 0 aliphatic heterocycles. The summed E-state index contributed by atoms with van der Waals surface area (Å²) in [4.78, 5) is 0. The molecule has 1 aliphatic rings. The number of hydrogen-bond acceptors (Lipinski definition) is 1. The highest BCUT2D eigenvalue weighted by molar-refractivity contribution is 6.29. The van der Waals surface area contributed by atoms with Crippen LogP contribution in [0.15, 0.2) is 211 Å². The zero-order valence-corrected chi connectivity index (χ0v) is 31.0. The van der Waals surface area contributed by atoms with Crippen molar-refractivity contribution in [3.05, 3.63) is 206 Å². The molecule has 1 heteroatoms. The van der Waals surface area contributed by atoms with E-state index in [1.807, 2.05) is 0 Å². The van der Waals surface area contributed by atoms with Crippen LogP contribution >= 0.6 is 0 Å². The summed E-state index contributed by atoms with van der Waals surface area (Å²) in [6.07, 6.45) is 0. The van der Waals surface area contributed by atoms with Gasteiger partial charge in [0, 0.05) is 10.8 Å². The van der Waals surface area contributed by atoms with Crippen LogP contribution in [0, 0.1) is 0 Å². The molecule has 0 atom stereocenters. The molecule has 0 saturated carbocycles. The van der Waals surface area contributed by atoms with Gasteiger partial charge >= 0.3 is 0 Å². The second-order valence-electron chi connectivity index (χ2n) is 15.1. The molecule has 0 spiro atoms. The maximum Gasteiger partial charge on any atom is 0.136 e. The Hall–Kier alpha value is -7.48. The summed E-state index contributed by atoms with van der Waals surface area (Å²) in [5.41, 5.74) is 19.2. The van der Waals surface area contributed by atoms with Crippen molar-refractivity contribution in [2.75, 3.05) is 0 Å². The number of rotatable bonds is 5. The molecule has 0 N–H and O–H groups in total. The first-order valence-corrected chi connectivity index (χ1v) is 19.7. The van der Waals surface area contributed by atoms with Crippen LogP contribution in [0.4, 0.5) is 0 Å². The molecule has 1 aromatic heterocycles. The molecule has 0 radical (unpaired) electrons. The summed E-state index contributed by atoms with van der Waals surface area (Å²) < 4.78 is 6.59. The molecule has 11 aromatic rings. The Morgan fingerprint density at radius 2 is 0.737 bits per heavy atom. The molecule has 1 nitrogen and oxygen atoms in total. The maximum atomic E-state index is 6.59. The van der Waals surface area contributed by atoms with Gasteiger partial charge in [-0.25, -0.2) is 0 Å². The Morgan fingerprint density at radius 1 is 0.228 bits per heavy atom. The van der Waals surface area contributed by atoms with Crippen LogP contribution in [0.2, 0.25) is 0 Å². The van der Waals surface area contributed by atoms with Crippen molar-refractivity contribution < 1.29 is 4.42 Å². The second kappa shape index (κ2) is 12.5. The van der Waals surface area contributed by atoms with Crippen LogP contribution in [0.1, 0.15) is 0 Å². The van der Waals surface area contributed by atoms with Crippen molar-refractivity contribution in [2.45, 2.75) is 0 Å². The third-order valence-electron chi connectivity index (χ3n) is 12.0. The quantitative estimate of drug-likeness (QED) is 0.172. The molecule has 0 saturated heterocycles. The van der Waals surface area contributed by atoms with Crippen LogP contribution in [-0.4, -0.2) is 0 Å². The van der Waals surface area contributed by atoms with E-state index in [9.17, 15) is 0 Å². The monoisotopic (exact) mass is 722 g/mol. The summed E-state index contributed by atoms with van der Waals surface area (Å²) in [5, 5.41) is 7.35. The van der Waals surface area contributed by atoms with Gasteiger partial charge in [-0.2, -0.15) is 0 Å². The first-order chi connectivity index (χ1) is 28.3. The summed E-state index contributed by atoms with van der Waals surface area (Å²) >= 11 is 0. The Bertz CT molecular complexity index is 3280. The standard InChI is InChI=1S/C56H34O/c1-4-14-35(15-5-1)38-20-12-21-39(32-38)40-27-31-50-49(33-40)43-28-26-41(34-51(43)57-50)42-29-30-48-54-44(42)24-13-25-47(54)55-52(36-16-6-2-7-17-36)45-22-10-11-23-46(45)53(56(48)55)37-18-8-3-9-19-37/h1-34H. The van der Waals surface area contributed by atoms with E-state index in [1.54, 1.807) is 0 Å². The van der Waals surface area contributed by atoms with Crippen LogP contribution in [0.25, 0.3) is 121 Å². The normalized spacial score (nSPS) is 11.9. The molecule has 0 fully saturated rings. The number of fused-ring (bicyclic) bond motifs is 7. The minimum atomic E-state index is 0.896. The molecule has 264 valence electrons. The first-order valence-electron chi connectivity index (χ1n) is 19.7. The Morgan fingerprint density at radius 3 is 1.42 bits per heavy atom. The molecule has 1 heterocycles. The molecular formula is C56H34O. The van der Waals surface area contributed by atoms with Crippen LogP contribution in [0.3, 0.4) is 0 Å². The molecule has 1 aliphatic carbocycles. The van der Waals surface area contributed by atoms with Gasteiger partial charge in [-0.3, -0.25) is 0 Å². The SMILES string of the molecule is c1ccc(-c2cccc(-c3ccc4oc5cc(-c6ccc7c8c(cccc68)-c6c-7c(-c7ccccc7)c7ccccc7c6-c6ccccc6)ccc5c4c3)c2)cc1. The molecule has 10 aromatic carbocycles. The van der Waals surface area contributed by atoms with E-state index in [0.29, 0.717) is 0 Å². The van der Waals surface area contributed by atoms with E-state index in [2.05, 4.69) is 206 Å². The van der Waals surface area contributed by atoms with Gasteiger partial charge in [-0.1, -0.05) is 176 Å². The fourth-order valence-corrected chi connectivity index (χ4v) is 9.49. The summed E-state index contributed by atoms with van der Waals surface area (Å²) in [5.74, 6) is 0. The predicted molar refractivity (Wildman–Crippen MR) is 240 cm³/mol. The van der Waals surface area contributed by atoms with Gasteiger partial charge in [0.15, 0.2) is 0 Å². The third kappa shape index (κ3) is 4.89. The van der Waals surface area contributed by atoms with Crippen molar-refractivity contribution in [1.29, 1.82) is 0 Å². The highest BCUT2D eigenvalue weighted by Gasteiger charge is 2.31. The largest absolute Gasteiger partial charge is 0.456 e. The van der Waals surface area contributed by atoms with Crippen LogP contribution < -0.4 is 0 Å². The summed E-state index contributed by atoms with van der Waals surface area (Å²) in [7, 11) is 0. The zero-order valence-electron chi connectivity index (χ0n) is 31.0. The van der Waals surface area contributed by atoms with Gasteiger partial charge in [0.2, 0.25) is 0 Å². The zero-order chi connectivity index (χ0) is 37.5. The van der Waals surface area contributed by atoms with Gasteiger partial charge in [0.1, 0.15) is 11.2 Å². The van der Waals surface area contributed by atoms with Crippen molar-refractivity contribution >= 4 is 43.5 Å². The van der Waals surface area contributed by atoms with Crippen molar-refractivity contribution in [3.63, 3.8) is 0 Å². The molecule has 12 rings (SSSR count). The van der Waals surface area contributed by atoms with Gasteiger partial charge in [0.05, 0.1) is 0 Å². The lowest BCUT2D eigenvalue weighted by Gasteiger charge is -2.20. The van der Waals surface area contributed by atoms with E-state index < -0.39 is 0 Å². The predicted octanol–water partition coefficient (Wildman–Crippen LogP) is 15.9. The van der Waals surface area contributed by atoms with E-state index in [-0.39, 0.29) is 0 Å². The molecule has 57 heavy (non-hydrogen) atoms. The maximum absolute atomic E-state index is 6.59. The van der Waals surface area contributed by atoms with E-state index in [0.717, 1.165) is 27.5 Å². The molecule has 0 amide bonds. The van der Waals surface area contributed by atoms with E-state index >= 15 is 0 Å². The highest BCUT2D eigenvalue weighted by atomic mass is 16.3. The smallest absolute Gasteiger partial charge is 0.136 e. The van der Waals surface area contributed by atoms with Crippen LogP contribution in [0.5, 0.6) is 0 Å². The average molecular weight is 723 g/mol. The van der Waals surface area contributed by atoms with Gasteiger partial charge in [-0.15, -0.1) is 0 Å². The fourth-order valence-electron chi connectivity index (χ4n) is 9.49. The first kappa shape index (κ1) is 31.8. The summed E-state index contributed by atoms with van der Waals surface area (Å²) in [6, 6.07) is 75.0. The number of furan rings is 1. The highest BCUT2D eigenvalue weighted by Crippen LogP contribution is 2.58. The van der Waals surface area contributed by atoms with E-state index in [4.69, 9.17) is 4.42 Å².